The van der Waals surface area contributed by atoms with Crippen LogP contribution in [0.5, 0.6) is 0 Å². The van der Waals surface area contributed by atoms with Crippen LogP contribution in [0.4, 0.5) is 0 Å². The van der Waals surface area contributed by atoms with Gasteiger partial charge in [-0.1, -0.05) is 25.4 Å². The molecule has 0 aliphatic carbocycles. The van der Waals surface area contributed by atoms with Crippen LogP contribution in [0.15, 0.2) is 16.5 Å². The molecule has 0 atom stereocenters. The predicted octanol–water partition coefficient (Wildman–Crippen LogP) is 4.29. The number of carboxylic acid groups (broad SMARTS) is 1. The number of carboxylic acids is 1. The Morgan fingerprint density at radius 1 is 1.44 bits per heavy atom. The third-order valence-electron chi connectivity index (χ3n) is 2.85. The van der Waals surface area contributed by atoms with Gasteiger partial charge in [0, 0.05) is 16.0 Å². The van der Waals surface area contributed by atoms with Gasteiger partial charge in [0.2, 0.25) is 5.76 Å². The average molecular weight is 267 g/mol. The van der Waals surface area contributed by atoms with E-state index in [0.29, 0.717) is 22.9 Å². The zero-order chi connectivity index (χ0) is 13.4. The Labute approximate surface area is 110 Å². The summed E-state index contributed by atoms with van der Waals surface area (Å²) in [6.45, 7) is 5.95. The second-order valence-corrected chi connectivity index (χ2v) is 5.35. The SMILES string of the molecule is Cc1cc(Cl)cc2c(CC(C)C)c(C(=O)O)oc12. The largest absolute Gasteiger partial charge is 0.475 e. The zero-order valence-electron chi connectivity index (χ0n) is 10.6. The first-order chi connectivity index (χ1) is 8.40. The second kappa shape index (κ2) is 4.65. The number of rotatable bonds is 3. The second-order valence-electron chi connectivity index (χ2n) is 4.91. The summed E-state index contributed by atoms with van der Waals surface area (Å²) < 4.78 is 5.49. The summed E-state index contributed by atoms with van der Waals surface area (Å²) in [6.07, 6.45) is 0.661. The van der Waals surface area contributed by atoms with Gasteiger partial charge in [-0.2, -0.15) is 0 Å². The molecule has 0 aliphatic heterocycles. The van der Waals surface area contributed by atoms with E-state index >= 15 is 0 Å². The maximum atomic E-state index is 11.2. The summed E-state index contributed by atoms with van der Waals surface area (Å²) >= 11 is 6.03. The lowest BCUT2D eigenvalue weighted by atomic mass is 9.99. The first-order valence-electron chi connectivity index (χ1n) is 5.85. The number of hydrogen-bond donors (Lipinski definition) is 1. The highest BCUT2D eigenvalue weighted by atomic mass is 35.5. The van der Waals surface area contributed by atoms with Crippen LogP contribution in [0.1, 0.15) is 35.5 Å². The molecule has 2 rings (SSSR count). The van der Waals surface area contributed by atoms with Crippen molar-refractivity contribution in [1.29, 1.82) is 0 Å². The molecule has 1 aromatic heterocycles. The smallest absolute Gasteiger partial charge is 0.372 e. The Morgan fingerprint density at radius 2 is 2.11 bits per heavy atom. The Morgan fingerprint density at radius 3 is 2.67 bits per heavy atom. The van der Waals surface area contributed by atoms with E-state index in [-0.39, 0.29) is 5.76 Å². The number of furan rings is 1. The molecular weight excluding hydrogens is 252 g/mol. The summed E-state index contributed by atoms with van der Waals surface area (Å²) in [5.74, 6) is -0.648. The molecule has 0 amide bonds. The molecule has 96 valence electrons. The summed E-state index contributed by atoms with van der Waals surface area (Å²) in [5, 5.41) is 10.6. The molecule has 2 aromatic rings. The molecule has 0 radical (unpaired) electrons. The normalized spacial score (nSPS) is 11.4. The van der Waals surface area contributed by atoms with Crippen molar-refractivity contribution in [2.24, 2.45) is 5.92 Å². The van der Waals surface area contributed by atoms with E-state index in [4.69, 9.17) is 16.0 Å². The van der Waals surface area contributed by atoms with Gasteiger partial charge in [0.25, 0.3) is 0 Å². The molecule has 0 saturated carbocycles. The third kappa shape index (κ3) is 2.23. The molecule has 0 spiro atoms. The maximum absolute atomic E-state index is 11.2. The lowest BCUT2D eigenvalue weighted by Gasteiger charge is -2.04. The van der Waals surface area contributed by atoms with Crippen molar-refractivity contribution in [2.75, 3.05) is 0 Å². The lowest BCUT2D eigenvalue weighted by Crippen LogP contribution is -2.02. The molecule has 1 aromatic carbocycles. The lowest BCUT2D eigenvalue weighted by molar-refractivity contribution is 0.0663. The highest BCUT2D eigenvalue weighted by Crippen LogP contribution is 2.32. The minimum atomic E-state index is -1.03. The topological polar surface area (TPSA) is 50.4 Å². The van der Waals surface area contributed by atoms with E-state index in [1.807, 2.05) is 20.8 Å². The van der Waals surface area contributed by atoms with Gasteiger partial charge < -0.3 is 9.52 Å². The fourth-order valence-electron chi connectivity index (χ4n) is 2.16. The maximum Gasteiger partial charge on any atom is 0.372 e. The van der Waals surface area contributed by atoms with E-state index in [9.17, 15) is 9.90 Å². The quantitative estimate of drug-likeness (QED) is 0.901. The summed E-state index contributed by atoms with van der Waals surface area (Å²) in [4.78, 5) is 11.2. The van der Waals surface area contributed by atoms with Gasteiger partial charge in [-0.05, 0) is 37.0 Å². The van der Waals surface area contributed by atoms with Crippen LogP contribution in [0.3, 0.4) is 0 Å². The van der Waals surface area contributed by atoms with Gasteiger partial charge in [0.1, 0.15) is 5.58 Å². The van der Waals surface area contributed by atoms with E-state index < -0.39 is 5.97 Å². The van der Waals surface area contributed by atoms with Crippen molar-refractivity contribution in [2.45, 2.75) is 27.2 Å². The van der Waals surface area contributed by atoms with Gasteiger partial charge in [-0.15, -0.1) is 0 Å². The van der Waals surface area contributed by atoms with Crippen LogP contribution in [0.2, 0.25) is 5.02 Å². The highest BCUT2D eigenvalue weighted by Gasteiger charge is 2.21. The monoisotopic (exact) mass is 266 g/mol. The molecule has 0 saturated heterocycles. The number of carbonyl (C=O) groups is 1. The Hall–Kier alpha value is -1.48. The number of aryl methyl sites for hydroxylation is 1. The summed E-state index contributed by atoms with van der Waals surface area (Å²) in [6, 6.07) is 3.55. The number of benzene rings is 1. The van der Waals surface area contributed by atoms with Crippen LogP contribution in [-0.2, 0) is 6.42 Å². The fraction of sp³-hybridized carbons (Fsp3) is 0.357. The Bertz CT molecular complexity index is 611. The third-order valence-corrected chi connectivity index (χ3v) is 3.07. The minimum absolute atomic E-state index is 0.0315. The molecule has 1 heterocycles. The van der Waals surface area contributed by atoms with Gasteiger partial charge in [-0.25, -0.2) is 4.79 Å². The van der Waals surface area contributed by atoms with E-state index in [2.05, 4.69) is 0 Å². The number of halogens is 1. The molecular formula is C14H15ClO3. The number of aromatic carboxylic acids is 1. The molecule has 3 nitrogen and oxygen atoms in total. The molecule has 0 bridgehead atoms. The van der Waals surface area contributed by atoms with Gasteiger partial charge in [0.15, 0.2) is 0 Å². The zero-order valence-corrected chi connectivity index (χ0v) is 11.3. The molecule has 4 heteroatoms. The highest BCUT2D eigenvalue weighted by molar-refractivity contribution is 6.31. The molecule has 0 aliphatic rings. The van der Waals surface area contributed by atoms with Crippen molar-refractivity contribution < 1.29 is 14.3 Å². The summed E-state index contributed by atoms with van der Waals surface area (Å²) in [7, 11) is 0. The predicted molar refractivity (Wildman–Crippen MR) is 71.5 cm³/mol. The van der Waals surface area contributed by atoms with E-state index in [1.54, 1.807) is 12.1 Å². The van der Waals surface area contributed by atoms with Crippen LogP contribution < -0.4 is 0 Å². The van der Waals surface area contributed by atoms with E-state index in [0.717, 1.165) is 16.5 Å². The standard InChI is InChI=1S/C14H15ClO3/c1-7(2)4-10-11-6-9(15)5-8(3)12(11)18-13(10)14(16)17/h5-7H,4H2,1-3H3,(H,16,17). The summed E-state index contributed by atoms with van der Waals surface area (Å²) in [5.41, 5.74) is 2.21. The molecule has 1 N–H and O–H groups in total. The van der Waals surface area contributed by atoms with Crippen molar-refractivity contribution in [3.63, 3.8) is 0 Å². The van der Waals surface area contributed by atoms with Crippen molar-refractivity contribution >= 4 is 28.5 Å². The first-order valence-corrected chi connectivity index (χ1v) is 6.22. The van der Waals surface area contributed by atoms with Crippen molar-refractivity contribution in [1.82, 2.24) is 0 Å². The van der Waals surface area contributed by atoms with Crippen LogP contribution in [0.25, 0.3) is 11.0 Å². The number of hydrogen-bond acceptors (Lipinski definition) is 2. The van der Waals surface area contributed by atoms with Gasteiger partial charge in [0.05, 0.1) is 0 Å². The average Bonchev–Trinajstić information content (AvgIpc) is 2.57. The number of fused-ring (bicyclic) bond motifs is 1. The molecule has 0 unspecified atom stereocenters. The minimum Gasteiger partial charge on any atom is -0.475 e. The Balaban J connectivity index is 2.76. The van der Waals surface area contributed by atoms with Crippen LogP contribution in [-0.4, -0.2) is 11.1 Å². The van der Waals surface area contributed by atoms with Crippen LogP contribution >= 0.6 is 11.6 Å². The fourth-order valence-corrected chi connectivity index (χ4v) is 2.43. The van der Waals surface area contributed by atoms with Gasteiger partial charge >= 0.3 is 5.97 Å². The van der Waals surface area contributed by atoms with Crippen molar-refractivity contribution in [3.05, 3.63) is 34.0 Å². The Kier molecular flexibility index (Phi) is 3.35. The molecule has 18 heavy (non-hydrogen) atoms. The van der Waals surface area contributed by atoms with Gasteiger partial charge in [-0.3, -0.25) is 0 Å². The molecule has 0 fully saturated rings. The van der Waals surface area contributed by atoms with Crippen molar-refractivity contribution in [3.8, 4) is 0 Å². The van der Waals surface area contributed by atoms with Crippen LogP contribution in [0, 0.1) is 12.8 Å². The first kappa shape index (κ1) is 13.0. The van der Waals surface area contributed by atoms with E-state index in [1.165, 1.54) is 0 Å².